The zero-order valence-corrected chi connectivity index (χ0v) is 10.4. The minimum atomic E-state index is -0.188. The van der Waals surface area contributed by atoms with Crippen molar-refractivity contribution in [2.45, 2.75) is 18.9 Å². The normalized spacial score (nSPS) is 19.8. The molecule has 1 fully saturated rings. The van der Waals surface area contributed by atoms with Crippen LogP contribution in [0.5, 0.6) is 11.5 Å². The molecule has 0 saturated carbocycles. The number of hydrogen-bond acceptors (Lipinski definition) is 4. The minimum absolute atomic E-state index is 0.0456. The molecule has 3 N–H and O–H groups in total. The van der Waals surface area contributed by atoms with Gasteiger partial charge in [-0.3, -0.25) is 4.79 Å². The number of hydrogen-bond donors (Lipinski definition) is 3. The van der Waals surface area contributed by atoms with E-state index in [1.165, 1.54) is 18.2 Å². The summed E-state index contributed by atoms with van der Waals surface area (Å²) >= 11 is 0. The number of nitrogens with zero attached hydrogens (tertiary/aromatic N) is 1. The highest BCUT2D eigenvalue weighted by molar-refractivity contribution is 5.97. The molecule has 18 heavy (non-hydrogen) atoms. The van der Waals surface area contributed by atoms with Gasteiger partial charge in [0.25, 0.3) is 5.91 Å². The third-order valence-corrected chi connectivity index (χ3v) is 3.33. The van der Waals surface area contributed by atoms with Gasteiger partial charge in [0.2, 0.25) is 0 Å². The zero-order valence-electron chi connectivity index (χ0n) is 10.4. The Balaban J connectivity index is 2.15. The number of phenolic OH excluding ortho intramolecular Hbond substituents is 2. The molecule has 0 spiro atoms. The molecule has 0 radical (unpaired) electrons. The largest absolute Gasteiger partial charge is 0.508 e. The maximum absolute atomic E-state index is 12.2. The van der Waals surface area contributed by atoms with Gasteiger partial charge < -0.3 is 20.4 Å². The monoisotopic (exact) mass is 250 g/mol. The van der Waals surface area contributed by atoms with Crippen LogP contribution in [0.15, 0.2) is 18.2 Å². The van der Waals surface area contributed by atoms with E-state index in [9.17, 15) is 15.0 Å². The lowest BCUT2D eigenvalue weighted by Gasteiger charge is -2.32. The Kier molecular flexibility index (Phi) is 3.72. The van der Waals surface area contributed by atoms with Crippen molar-refractivity contribution in [2.75, 3.05) is 20.1 Å². The molecular weight excluding hydrogens is 232 g/mol. The van der Waals surface area contributed by atoms with E-state index in [1.807, 2.05) is 7.05 Å². The van der Waals surface area contributed by atoms with Crippen molar-refractivity contribution < 1.29 is 15.0 Å². The molecule has 1 saturated heterocycles. The summed E-state index contributed by atoms with van der Waals surface area (Å²) in [6.07, 6.45) is 2.01. The van der Waals surface area contributed by atoms with Gasteiger partial charge in [0, 0.05) is 25.2 Å². The van der Waals surface area contributed by atoms with Gasteiger partial charge in [-0.15, -0.1) is 0 Å². The summed E-state index contributed by atoms with van der Waals surface area (Å²) in [5.74, 6) is -0.408. The Labute approximate surface area is 106 Å². The predicted molar refractivity (Wildman–Crippen MR) is 67.8 cm³/mol. The van der Waals surface area contributed by atoms with E-state index in [4.69, 9.17) is 0 Å². The van der Waals surface area contributed by atoms with Crippen molar-refractivity contribution in [3.05, 3.63) is 23.8 Å². The van der Waals surface area contributed by atoms with Gasteiger partial charge in [0.15, 0.2) is 0 Å². The van der Waals surface area contributed by atoms with Gasteiger partial charge >= 0.3 is 0 Å². The lowest BCUT2D eigenvalue weighted by Crippen LogP contribution is -2.46. The molecule has 0 bridgehead atoms. The van der Waals surface area contributed by atoms with Gasteiger partial charge in [-0.2, -0.15) is 0 Å². The molecule has 1 amide bonds. The summed E-state index contributed by atoms with van der Waals surface area (Å²) in [4.78, 5) is 14.0. The van der Waals surface area contributed by atoms with Crippen LogP contribution in [-0.4, -0.2) is 47.2 Å². The number of piperidine rings is 1. The molecule has 1 aromatic carbocycles. The summed E-state index contributed by atoms with van der Waals surface area (Å²) in [5, 5.41) is 22.1. The lowest BCUT2D eigenvalue weighted by atomic mass is 10.0. The summed E-state index contributed by atoms with van der Waals surface area (Å²) in [5.41, 5.74) is 0.240. The smallest absolute Gasteiger partial charge is 0.257 e. The molecule has 5 heteroatoms. The van der Waals surface area contributed by atoms with Crippen LogP contribution >= 0.6 is 0 Å². The Hall–Kier alpha value is -1.75. The first kappa shape index (κ1) is 12.7. The summed E-state index contributed by atoms with van der Waals surface area (Å²) in [7, 11) is 1.89. The Morgan fingerprint density at radius 2 is 2.22 bits per heavy atom. The van der Waals surface area contributed by atoms with E-state index in [-0.39, 0.29) is 23.0 Å². The van der Waals surface area contributed by atoms with Gasteiger partial charge in [0.05, 0.1) is 5.56 Å². The number of likely N-dealkylation sites (N-methyl/N-ethyl adjacent to an activating group) is 1. The average Bonchev–Trinajstić information content (AvgIpc) is 2.38. The highest BCUT2D eigenvalue weighted by atomic mass is 16.3. The highest BCUT2D eigenvalue weighted by Gasteiger charge is 2.25. The molecular formula is C13H18N2O3. The molecule has 5 nitrogen and oxygen atoms in total. The first-order chi connectivity index (χ1) is 8.61. The number of amides is 1. The van der Waals surface area contributed by atoms with Crippen LogP contribution in [0.2, 0.25) is 0 Å². The van der Waals surface area contributed by atoms with Crippen LogP contribution in [-0.2, 0) is 0 Å². The maximum Gasteiger partial charge on any atom is 0.257 e. The maximum atomic E-state index is 12.2. The third kappa shape index (κ3) is 2.56. The number of aromatic hydroxyl groups is 2. The van der Waals surface area contributed by atoms with E-state index in [1.54, 1.807) is 4.90 Å². The Bertz CT molecular complexity index is 448. The highest BCUT2D eigenvalue weighted by Crippen LogP contribution is 2.25. The number of likely N-dealkylation sites (tertiary alicyclic amines) is 1. The fourth-order valence-electron chi connectivity index (χ4n) is 2.27. The number of carbonyl (C=O) groups excluding carboxylic acids is 1. The average molecular weight is 250 g/mol. The second kappa shape index (κ2) is 5.27. The molecule has 0 aromatic heterocycles. The third-order valence-electron chi connectivity index (χ3n) is 3.33. The predicted octanol–water partition coefficient (Wildman–Crippen LogP) is 0.922. The van der Waals surface area contributed by atoms with Crippen molar-refractivity contribution in [1.82, 2.24) is 10.2 Å². The van der Waals surface area contributed by atoms with Crippen molar-refractivity contribution >= 4 is 5.91 Å². The molecule has 98 valence electrons. The quantitative estimate of drug-likeness (QED) is 0.730. The van der Waals surface area contributed by atoms with Gasteiger partial charge in [-0.05, 0) is 32.0 Å². The fraction of sp³-hybridized carbons (Fsp3) is 0.462. The van der Waals surface area contributed by atoms with Crippen molar-refractivity contribution in [3.63, 3.8) is 0 Å². The van der Waals surface area contributed by atoms with Crippen LogP contribution in [0.3, 0.4) is 0 Å². The number of phenols is 2. The van der Waals surface area contributed by atoms with Crippen LogP contribution in [0.1, 0.15) is 23.2 Å². The van der Waals surface area contributed by atoms with E-state index in [0.717, 1.165) is 12.8 Å². The van der Waals surface area contributed by atoms with Gasteiger partial charge in [0.1, 0.15) is 11.5 Å². The fourth-order valence-corrected chi connectivity index (χ4v) is 2.27. The molecule has 1 aliphatic rings. The van der Waals surface area contributed by atoms with E-state index >= 15 is 0 Å². The number of carbonyl (C=O) groups is 1. The van der Waals surface area contributed by atoms with Gasteiger partial charge in [-0.25, -0.2) is 0 Å². The molecule has 1 heterocycles. The second-order valence-corrected chi connectivity index (χ2v) is 4.58. The van der Waals surface area contributed by atoms with Crippen molar-refractivity contribution in [1.29, 1.82) is 0 Å². The Morgan fingerprint density at radius 3 is 2.89 bits per heavy atom. The standard InChI is InChI=1S/C13H18N2O3/c1-14-9-3-2-6-15(8-9)13(18)11-5-4-10(16)7-12(11)17/h4-5,7,9,14,16-17H,2-3,6,8H2,1H3. The van der Waals surface area contributed by atoms with Gasteiger partial charge in [-0.1, -0.05) is 0 Å². The summed E-state index contributed by atoms with van der Waals surface area (Å²) < 4.78 is 0. The lowest BCUT2D eigenvalue weighted by molar-refractivity contribution is 0.0695. The van der Waals surface area contributed by atoms with Crippen molar-refractivity contribution in [2.24, 2.45) is 0 Å². The molecule has 1 aliphatic heterocycles. The first-order valence-corrected chi connectivity index (χ1v) is 6.10. The molecule has 2 rings (SSSR count). The zero-order chi connectivity index (χ0) is 13.1. The number of nitrogens with one attached hydrogen (secondary N) is 1. The van der Waals surface area contributed by atoms with Crippen LogP contribution < -0.4 is 5.32 Å². The van der Waals surface area contributed by atoms with Crippen LogP contribution in [0, 0.1) is 0 Å². The van der Waals surface area contributed by atoms with Crippen molar-refractivity contribution in [3.8, 4) is 11.5 Å². The molecule has 0 aliphatic carbocycles. The van der Waals surface area contributed by atoms with Crippen LogP contribution in [0.4, 0.5) is 0 Å². The van der Waals surface area contributed by atoms with Crippen LogP contribution in [0.25, 0.3) is 0 Å². The number of benzene rings is 1. The second-order valence-electron chi connectivity index (χ2n) is 4.58. The van der Waals surface area contributed by atoms with E-state index in [2.05, 4.69) is 5.32 Å². The van der Waals surface area contributed by atoms with E-state index in [0.29, 0.717) is 19.1 Å². The summed E-state index contributed by atoms with van der Waals surface area (Å²) in [6, 6.07) is 4.36. The SMILES string of the molecule is CNC1CCCN(C(=O)c2ccc(O)cc2O)C1. The molecule has 1 aromatic rings. The molecule has 1 atom stereocenters. The topological polar surface area (TPSA) is 72.8 Å². The minimum Gasteiger partial charge on any atom is -0.508 e. The number of rotatable bonds is 2. The van der Waals surface area contributed by atoms with E-state index < -0.39 is 0 Å². The first-order valence-electron chi connectivity index (χ1n) is 6.10. The Morgan fingerprint density at radius 1 is 1.44 bits per heavy atom. The summed E-state index contributed by atoms with van der Waals surface area (Å²) in [6.45, 7) is 1.35. The molecule has 1 unspecified atom stereocenters.